The highest BCUT2D eigenvalue weighted by Gasteiger charge is 2.11. The fraction of sp³-hybridized carbons (Fsp3) is 0.417. The summed E-state index contributed by atoms with van der Waals surface area (Å²) in [6, 6.07) is 3.86. The zero-order valence-electron chi connectivity index (χ0n) is 9.59. The summed E-state index contributed by atoms with van der Waals surface area (Å²) >= 11 is 0. The van der Waals surface area contributed by atoms with E-state index in [2.05, 4.69) is 4.74 Å². The number of ether oxygens (including phenoxy) is 2. The van der Waals surface area contributed by atoms with Crippen molar-refractivity contribution in [1.29, 1.82) is 0 Å². The van der Waals surface area contributed by atoms with Gasteiger partial charge in [0.05, 0.1) is 20.6 Å². The van der Waals surface area contributed by atoms with Gasteiger partial charge in [-0.2, -0.15) is 0 Å². The van der Waals surface area contributed by atoms with Gasteiger partial charge in [0.25, 0.3) is 0 Å². The summed E-state index contributed by atoms with van der Waals surface area (Å²) in [6.45, 7) is 3.93. The van der Waals surface area contributed by atoms with Crippen molar-refractivity contribution in [3.63, 3.8) is 0 Å². The van der Waals surface area contributed by atoms with Crippen molar-refractivity contribution in [2.24, 2.45) is 0 Å². The molecule has 0 aromatic heterocycles. The van der Waals surface area contributed by atoms with Crippen LogP contribution >= 0.6 is 0 Å². The van der Waals surface area contributed by atoms with Crippen LogP contribution in [0.5, 0.6) is 5.75 Å². The number of rotatable bonds is 3. The van der Waals surface area contributed by atoms with Crippen LogP contribution in [-0.4, -0.2) is 20.2 Å². The second kappa shape index (κ2) is 4.82. The largest absolute Gasteiger partial charge is 0.496 e. The van der Waals surface area contributed by atoms with Crippen LogP contribution in [-0.2, 0) is 16.0 Å². The average molecular weight is 208 g/mol. The minimum atomic E-state index is -0.227. The Labute approximate surface area is 90.0 Å². The molecule has 82 valence electrons. The van der Waals surface area contributed by atoms with E-state index < -0.39 is 0 Å². The number of hydrogen-bond donors (Lipinski definition) is 0. The quantitative estimate of drug-likeness (QED) is 0.713. The van der Waals surface area contributed by atoms with Crippen molar-refractivity contribution < 1.29 is 14.3 Å². The predicted molar refractivity (Wildman–Crippen MR) is 58.2 cm³/mol. The zero-order valence-corrected chi connectivity index (χ0v) is 9.59. The number of methoxy groups -OCH3 is 2. The summed E-state index contributed by atoms with van der Waals surface area (Å²) in [4.78, 5) is 11.2. The number of aryl methyl sites for hydroxylation is 1. The molecule has 1 aromatic carbocycles. The molecule has 0 atom stereocenters. The van der Waals surface area contributed by atoms with Crippen molar-refractivity contribution in [3.8, 4) is 5.75 Å². The molecule has 0 heterocycles. The third-order valence-corrected chi connectivity index (χ3v) is 2.55. The monoisotopic (exact) mass is 208 g/mol. The molecule has 1 aromatic rings. The maximum Gasteiger partial charge on any atom is 0.309 e. The Morgan fingerprint density at radius 2 is 1.93 bits per heavy atom. The molecule has 0 radical (unpaired) electrons. The maximum absolute atomic E-state index is 11.2. The molecule has 0 aliphatic rings. The van der Waals surface area contributed by atoms with Crippen molar-refractivity contribution in [2.75, 3.05) is 14.2 Å². The van der Waals surface area contributed by atoms with E-state index in [4.69, 9.17) is 4.74 Å². The van der Waals surface area contributed by atoms with Gasteiger partial charge in [0, 0.05) is 0 Å². The van der Waals surface area contributed by atoms with E-state index in [-0.39, 0.29) is 5.97 Å². The summed E-state index contributed by atoms with van der Waals surface area (Å²) in [6.07, 6.45) is 0.297. The fourth-order valence-electron chi connectivity index (χ4n) is 1.58. The van der Waals surface area contributed by atoms with Gasteiger partial charge in [-0.15, -0.1) is 0 Å². The minimum absolute atomic E-state index is 0.227. The summed E-state index contributed by atoms with van der Waals surface area (Å²) < 4.78 is 9.86. The van der Waals surface area contributed by atoms with Crippen LogP contribution in [0.3, 0.4) is 0 Å². The molecule has 0 N–H and O–H groups in total. The van der Waals surface area contributed by atoms with Gasteiger partial charge in [-0.25, -0.2) is 0 Å². The number of carbonyl (C=O) groups excluding carboxylic acids is 1. The van der Waals surface area contributed by atoms with Crippen molar-refractivity contribution in [1.82, 2.24) is 0 Å². The lowest BCUT2D eigenvalue weighted by Gasteiger charge is -2.12. The first-order valence-electron chi connectivity index (χ1n) is 4.80. The molecule has 0 aliphatic carbocycles. The van der Waals surface area contributed by atoms with Crippen molar-refractivity contribution in [2.45, 2.75) is 20.3 Å². The van der Waals surface area contributed by atoms with Crippen LogP contribution < -0.4 is 4.74 Å². The lowest BCUT2D eigenvalue weighted by atomic mass is 9.99. The normalized spacial score (nSPS) is 9.87. The number of benzene rings is 1. The smallest absolute Gasteiger partial charge is 0.309 e. The molecular formula is C12H16O3. The molecule has 0 amide bonds. The molecule has 0 saturated heterocycles. The number of esters is 1. The molecule has 0 aliphatic heterocycles. The van der Waals surface area contributed by atoms with Gasteiger partial charge in [-0.3, -0.25) is 4.79 Å². The van der Waals surface area contributed by atoms with Gasteiger partial charge in [-0.1, -0.05) is 6.07 Å². The topological polar surface area (TPSA) is 35.5 Å². The average Bonchev–Trinajstić information content (AvgIpc) is 2.24. The summed E-state index contributed by atoms with van der Waals surface area (Å²) in [5.41, 5.74) is 3.07. The molecule has 0 fully saturated rings. The van der Waals surface area contributed by atoms with Crippen LogP contribution in [0.2, 0.25) is 0 Å². The first kappa shape index (κ1) is 11.6. The predicted octanol–water partition coefficient (Wildman–Crippen LogP) is 2.03. The fourth-order valence-corrected chi connectivity index (χ4v) is 1.58. The van der Waals surface area contributed by atoms with Crippen LogP contribution in [0.25, 0.3) is 0 Å². The van der Waals surface area contributed by atoms with Crippen LogP contribution in [0.15, 0.2) is 12.1 Å². The third kappa shape index (κ3) is 2.49. The van der Waals surface area contributed by atoms with Crippen molar-refractivity contribution >= 4 is 5.97 Å². The van der Waals surface area contributed by atoms with Crippen LogP contribution in [0.1, 0.15) is 16.7 Å². The Bertz CT molecular complexity index is 369. The standard InChI is InChI=1S/C12H16O3/c1-8-5-6-11(14-3)9(2)10(8)7-12(13)15-4/h5-6H,7H2,1-4H3. The highest BCUT2D eigenvalue weighted by atomic mass is 16.5. The Morgan fingerprint density at radius 1 is 1.27 bits per heavy atom. The van der Waals surface area contributed by atoms with Gasteiger partial charge >= 0.3 is 5.97 Å². The molecule has 3 heteroatoms. The highest BCUT2D eigenvalue weighted by molar-refractivity contribution is 5.74. The lowest BCUT2D eigenvalue weighted by Crippen LogP contribution is -2.08. The minimum Gasteiger partial charge on any atom is -0.496 e. The molecule has 0 saturated carbocycles. The second-order valence-electron chi connectivity index (χ2n) is 3.44. The zero-order chi connectivity index (χ0) is 11.4. The highest BCUT2D eigenvalue weighted by Crippen LogP contribution is 2.24. The number of hydrogen-bond acceptors (Lipinski definition) is 3. The molecule has 15 heavy (non-hydrogen) atoms. The SMILES string of the molecule is COC(=O)Cc1c(C)ccc(OC)c1C. The van der Waals surface area contributed by atoms with E-state index in [0.29, 0.717) is 6.42 Å². The van der Waals surface area contributed by atoms with Crippen LogP contribution in [0.4, 0.5) is 0 Å². The molecule has 0 bridgehead atoms. The molecule has 0 spiro atoms. The third-order valence-electron chi connectivity index (χ3n) is 2.55. The first-order chi connectivity index (χ1) is 7.10. The van der Waals surface area contributed by atoms with Crippen LogP contribution in [0, 0.1) is 13.8 Å². The number of carbonyl (C=O) groups is 1. The first-order valence-corrected chi connectivity index (χ1v) is 4.80. The van der Waals surface area contributed by atoms with E-state index >= 15 is 0 Å². The summed E-state index contributed by atoms with van der Waals surface area (Å²) in [5, 5.41) is 0. The van der Waals surface area contributed by atoms with E-state index in [0.717, 1.165) is 22.4 Å². The molecule has 0 unspecified atom stereocenters. The summed E-state index contributed by atoms with van der Waals surface area (Å²) in [5.74, 6) is 0.578. The van der Waals surface area contributed by atoms with Gasteiger partial charge in [0.1, 0.15) is 5.75 Å². The van der Waals surface area contributed by atoms with E-state index in [1.807, 2.05) is 26.0 Å². The van der Waals surface area contributed by atoms with Gasteiger partial charge in [-0.05, 0) is 36.6 Å². The lowest BCUT2D eigenvalue weighted by molar-refractivity contribution is -0.139. The second-order valence-corrected chi connectivity index (χ2v) is 3.44. The van der Waals surface area contributed by atoms with Gasteiger partial charge in [0.15, 0.2) is 0 Å². The van der Waals surface area contributed by atoms with Gasteiger partial charge in [0.2, 0.25) is 0 Å². The Morgan fingerprint density at radius 3 is 2.47 bits per heavy atom. The molecule has 3 nitrogen and oxygen atoms in total. The molecular weight excluding hydrogens is 192 g/mol. The Balaban J connectivity index is 3.09. The van der Waals surface area contributed by atoms with E-state index in [9.17, 15) is 4.79 Å². The maximum atomic E-state index is 11.2. The van der Waals surface area contributed by atoms with Gasteiger partial charge < -0.3 is 9.47 Å². The van der Waals surface area contributed by atoms with E-state index in [1.54, 1.807) is 7.11 Å². The van der Waals surface area contributed by atoms with Crippen molar-refractivity contribution in [3.05, 3.63) is 28.8 Å². The Hall–Kier alpha value is -1.51. The van der Waals surface area contributed by atoms with E-state index in [1.165, 1.54) is 7.11 Å². The summed E-state index contributed by atoms with van der Waals surface area (Å²) in [7, 11) is 3.02. The molecule has 1 rings (SSSR count). The Kier molecular flexibility index (Phi) is 3.72.